The summed E-state index contributed by atoms with van der Waals surface area (Å²) in [6.45, 7) is 2.46. The molecule has 0 bridgehead atoms. The third-order valence-corrected chi connectivity index (χ3v) is 1.73. The highest BCUT2D eigenvalue weighted by molar-refractivity contribution is 6.04. The van der Waals surface area contributed by atoms with Crippen LogP contribution in [-0.2, 0) is 9.53 Å². The molecule has 0 radical (unpaired) electrons. The van der Waals surface area contributed by atoms with Crippen LogP contribution in [0.5, 0.6) is 0 Å². The van der Waals surface area contributed by atoms with Gasteiger partial charge < -0.3 is 9.84 Å². The van der Waals surface area contributed by atoms with Gasteiger partial charge in [-0.3, -0.25) is 4.79 Å². The minimum Gasteiger partial charge on any atom is -0.515 e. The molecule has 3 heteroatoms. The largest absolute Gasteiger partial charge is 0.515 e. The summed E-state index contributed by atoms with van der Waals surface area (Å²) in [5.74, 6) is 0.570. The van der Waals surface area contributed by atoms with Crippen molar-refractivity contribution in [1.29, 1.82) is 0 Å². The molecule has 0 unspecified atom stereocenters. The quantitative estimate of drug-likeness (QED) is 0.504. The second-order valence-corrected chi connectivity index (χ2v) is 2.56. The number of carbonyl (C=O) groups is 1. The molecule has 0 fully saturated rings. The van der Waals surface area contributed by atoms with Crippen LogP contribution in [0, 0.1) is 0 Å². The molecule has 12 heavy (non-hydrogen) atoms. The number of rotatable bonds is 2. The van der Waals surface area contributed by atoms with E-state index in [9.17, 15) is 4.79 Å². The minimum absolute atomic E-state index is 0.146. The first-order valence-corrected chi connectivity index (χ1v) is 3.99. The number of carbonyl (C=O) groups excluding carboxylic acids is 1. The summed E-state index contributed by atoms with van der Waals surface area (Å²) in [5.41, 5.74) is 0.457. The first-order valence-electron chi connectivity index (χ1n) is 3.99. The molecule has 3 nitrogen and oxygen atoms in total. The van der Waals surface area contributed by atoms with Gasteiger partial charge in [0, 0.05) is 18.1 Å². The predicted octanol–water partition coefficient (Wildman–Crippen LogP) is 1.71. The summed E-state index contributed by atoms with van der Waals surface area (Å²) >= 11 is 0. The molecule has 1 aliphatic carbocycles. The number of ketones is 1. The van der Waals surface area contributed by atoms with Gasteiger partial charge in [-0.25, -0.2) is 0 Å². The zero-order valence-electron chi connectivity index (χ0n) is 7.04. The van der Waals surface area contributed by atoms with Gasteiger partial charge in [0.25, 0.3) is 0 Å². The minimum atomic E-state index is -0.146. The number of allylic oxidation sites excluding steroid dienone is 3. The summed E-state index contributed by atoms with van der Waals surface area (Å²) in [6, 6.07) is 0. The Balaban J connectivity index is 2.68. The Morgan fingerprint density at radius 3 is 2.92 bits per heavy atom. The van der Waals surface area contributed by atoms with Gasteiger partial charge in [0.05, 0.1) is 12.9 Å². The van der Waals surface area contributed by atoms with E-state index in [1.54, 1.807) is 0 Å². The molecule has 0 aliphatic heterocycles. The Labute approximate surface area is 71.3 Å². The van der Waals surface area contributed by atoms with Crippen molar-refractivity contribution in [3.8, 4) is 0 Å². The Morgan fingerprint density at radius 2 is 2.42 bits per heavy atom. The molecule has 0 spiro atoms. The van der Waals surface area contributed by atoms with Gasteiger partial charge >= 0.3 is 0 Å². The lowest BCUT2D eigenvalue weighted by atomic mass is 10.00. The van der Waals surface area contributed by atoms with Crippen molar-refractivity contribution in [1.82, 2.24) is 0 Å². The van der Waals surface area contributed by atoms with Crippen molar-refractivity contribution in [3.05, 3.63) is 23.7 Å². The monoisotopic (exact) mass is 168 g/mol. The first-order chi connectivity index (χ1) is 5.77. The Kier molecular flexibility index (Phi) is 2.91. The fourth-order valence-corrected chi connectivity index (χ4v) is 1.12. The molecule has 0 heterocycles. The second-order valence-electron chi connectivity index (χ2n) is 2.56. The molecule has 0 saturated heterocycles. The van der Waals surface area contributed by atoms with Crippen molar-refractivity contribution in [2.24, 2.45) is 0 Å². The van der Waals surface area contributed by atoms with E-state index in [1.807, 2.05) is 6.92 Å². The van der Waals surface area contributed by atoms with Crippen LogP contribution in [0.3, 0.4) is 0 Å². The number of hydrogen-bond acceptors (Lipinski definition) is 3. The maximum absolute atomic E-state index is 11.1. The molecule has 0 atom stereocenters. The smallest absolute Gasteiger partial charge is 0.188 e. The number of hydrogen-bond donors (Lipinski definition) is 1. The first kappa shape index (κ1) is 8.84. The van der Waals surface area contributed by atoms with Crippen molar-refractivity contribution in [3.63, 3.8) is 0 Å². The third kappa shape index (κ3) is 1.87. The van der Waals surface area contributed by atoms with Crippen LogP contribution in [-0.4, -0.2) is 17.5 Å². The second kappa shape index (κ2) is 3.95. The maximum atomic E-state index is 11.1. The Bertz CT molecular complexity index is 238. The van der Waals surface area contributed by atoms with Gasteiger partial charge in [0.1, 0.15) is 5.76 Å². The van der Waals surface area contributed by atoms with Crippen LogP contribution in [0.1, 0.15) is 19.8 Å². The lowest BCUT2D eigenvalue weighted by Gasteiger charge is -2.13. The van der Waals surface area contributed by atoms with Crippen LogP contribution in [0.25, 0.3) is 0 Å². The summed E-state index contributed by atoms with van der Waals surface area (Å²) < 4.78 is 5.18. The van der Waals surface area contributed by atoms with Gasteiger partial charge in [-0.05, 0) is 13.3 Å². The lowest BCUT2D eigenvalue weighted by Crippen LogP contribution is -2.08. The normalized spacial score (nSPS) is 20.9. The van der Waals surface area contributed by atoms with Crippen molar-refractivity contribution in [2.45, 2.75) is 19.8 Å². The summed E-state index contributed by atoms with van der Waals surface area (Å²) in [6.07, 6.45) is 3.59. The van der Waals surface area contributed by atoms with Crippen LogP contribution >= 0.6 is 0 Å². The zero-order chi connectivity index (χ0) is 8.97. The average Bonchev–Trinajstić information content (AvgIpc) is 2.05. The third-order valence-electron chi connectivity index (χ3n) is 1.73. The van der Waals surface area contributed by atoms with E-state index in [0.717, 1.165) is 6.26 Å². The van der Waals surface area contributed by atoms with Crippen molar-refractivity contribution < 1.29 is 14.6 Å². The SMILES string of the molecule is CCOC1=CC(=O)C(=CO)CC1. The van der Waals surface area contributed by atoms with E-state index in [1.165, 1.54) is 6.08 Å². The molecular weight excluding hydrogens is 156 g/mol. The number of ether oxygens (including phenoxy) is 1. The summed E-state index contributed by atoms with van der Waals surface area (Å²) in [5, 5.41) is 8.62. The molecule has 0 aromatic carbocycles. The predicted molar refractivity (Wildman–Crippen MR) is 44.7 cm³/mol. The van der Waals surface area contributed by atoms with Gasteiger partial charge in [0.15, 0.2) is 5.78 Å². The molecule has 1 rings (SSSR count). The molecule has 0 amide bonds. The van der Waals surface area contributed by atoms with Gasteiger partial charge in [-0.2, -0.15) is 0 Å². The highest BCUT2D eigenvalue weighted by Gasteiger charge is 2.15. The fraction of sp³-hybridized carbons (Fsp3) is 0.444. The highest BCUT2D eigenvalue weighted by atomic mass is 16.5. The van der Waals surface area contributed by atoms with E-state index < -0.39 is 0 Å². The van der Waals surface area contributed by atoms with Crippen molar-refractivity contribution >= 4 is 5.78 Å². The molecule has 0 aromatic heterocycles. The van der Waals surface area contributed by atoms with Crippen LogP contribution in [0.2, 0.25) is 0 Å². The van der Waals surface area contributed by atoms with Gasteiger partial charge in [-0.1, -0.05) is 0 Å². The van der Waals surface area contributed by atoms with Gasteiger partial charge in [0.2, 0.25) is 0 Å². The van der Waals surface area contributed by atoms with Crippen LogP contribution in [0.4, 0.5) is 0 Å². The average molecular weight is 168 g/mol. The summed E-state index contributed by atoms with van der Waals surface area (Å²) in [7, 11) is 0. The fourth-order valence-electron chi connectivity index (χ4n) is 1.12. The van der Waals surface area contributed by atoms with E-state index in [4.69, 9.17) is 9.84 Å². The van der Waals surface area contributed by atoms with E-state index in [2.05, 4.69) is 0 Å². The number of aliphatic hydroxyl groups excluding tert-OH is 1. The molecule has 1 aliphatic rings. The molecule has 1 N–H and O–H groups in total. The van der Waals surface area contributed by atoms with E-state index in [0.29, 0.717) is 30.8 Å². The number of aliphatic hydroxyl groups is 1. The zero-order valence-corrected chi connectivity index (χ0v) is 7.04. The van der Waals surface area contributed by atoms with E-state index in [-0.39, 0.29) is 5.78 Å². The molecule has 0 saturated carbocycles. The lowest BCUT2D eigenvalue weighted by molar-refractivity contribution is -0.112. The van der Waals surface area contributed by atoms with Crippen LogP contribution < -0.4 is 0 Å². The molecule has 0 aromatic rings. The van der Waals surface area contributed by atoms with Crippen LogP contribution in [0.15, 0.2) is 23.7 Å². The highest BCUT2D eigenvalue weighted by Crippen LogP contribution is 2.20. The topological polar surface area (TPSA) is 46.5 Å². The standard InChI is InChI=1S/C9H12O3/c1-2-12-8-4-3-7(6-10)9(11)5-8/h5-6,10H,2-4H2,1H3. The Morgan fingerprint density at radius 1 is 1.67 bits per heavy atom. The summed E-state index contributed by atoms with van der Waals surface area (Å²) in [4.78, 5) is 11.1. The van der Waals surface area contributed by atoms with E-state index >= 15 is 0 Å². The maximum Gasteiger partial charge on any atom is 0.188 e. The molecular formula is C9H12O3. The molecule has 66 valence electrons. The van der Waals surface area contributed by atoms with Gasteiger partial charge in [-0.15, -0.1) is 0 Å². The Hall–Kier alpha value is -1.25. The van der Waals surface area contributed by atoms with Crippen molar-refractivity contribution in [2.75, 3.05) is 6.61 Å².